The van der Waals surface area contributed by atoms with Gasteiger partial charge in [0, 0.05) is 18.8 Å². The van der Waals surface area contributed by atoms with Crippen LogP contribution in [0, 0.1) is 0 Å². The number of fused-ring (bicyclic) bond motifs is 1. The van der Waals surface area contributed by atoms with Gasteiger partial charge >= 0.3 is 6.18 Å². The summed E-state index contributed by atoms with van der Waals surface area (Å²) in [5.74, 6) is -0.259. The molecule has 2 heterocycles. The first kappa shape index (κ1) is 27.2. The lowest BCUT2D eigenvalue weighted by Gasteiger charge is -2.25. The molecule has 1 aromatic heterocycles. The molecule has 3 N–H and O–H groups in total. The molecule has 1 atom stereocenters. The lowest BCUT2D eigenvalue weighted by atomic mass is 10.0. The molecule has 1 fully saturated rings. The van der Waals surface area contributed by atoms with E-state index in [2.05, 4.69) is 43.0 Å². The van der Waals surface area contributed by atoms with Crippen molar-refractivity contribution < 1.29 is 18.0 Å². The number of alkyl halides is 3. The standard InChI is InChI=1S/C28H30ClF3N6O/c1-33-26(39)22-15-19(28(30,31)32)7-11-24(22)36-25-23(29)16-34-27(37-25)35-20-8-4-17-5-9-21(10-6-18(17)14-20)38-12-2-3-13-38/h4,7-8,11,14-16,21H,2-3,5-6,9-10,12-13H2,1H3,(H,33,39)(H2,34,35,36,37). The van der Waals surface area contributed by atoms with Gasteiger partial charge in [0.2, 0.25) is 5.95 Å². The van der Waals surface area contributed by atoms with E-state index in [1.165, 1.54) is 62.8 Å². The molecule has 39 heavy (non-hydrogen) atoms. The Morgan fingerprint density at radius 2 is 1.77 bits per heavy atom. The molecule has 5 rings (SSSR count). The van der Waals surface area contributed by atoms with Crippen LogP contribution < -0.4 is 16.0 Å². The van der Waals surface area contributed by atoms with Crippen LogP contribution in [0.3, 0.4) is 0 Å². The highest BCUT2D eigenvalue weighted by Gasteiger charge is 2.32. The quantitative estimate of drug-likeness (QED) is 0.306. The molecule has 2 aromatic carbocycles. The summed E-state index contributed by atoms with van der Waals surface area (Å²) in [5.41, 5.74) is 2.53. The molecule has 1 saturated heterocycles. The number of hydrogen-bond acceptors (Lipinski definition) is 6. The van der Waals surface area contributed by atoms with Crippen molar-refractivity contribution >= 4 is 40.6 Å². The summed E-state index contributed by atoms with van der Waals surface area (Å²) in [5, 5.41) is 8.62. The van der Waals surface area contributed by atoms with E-state index in [1.807, 2.05) is 6.07 Å². The average Bonchev–Trinajstić information content (AvgIpc) is 3.37. The van der Waals surface area contributed by atoms with E-state index in [0.29, 0.717) is 6.04 Å². The van der Waals surface area contributed by atoms with E-state index in [1.54, 1.807) is 0 Å². The van der Waals surface area contributed by atoms with Gasteiger partial charge in [-0.25, -0.2) is 4.98 Å². The molecule has 2 aliphatic rings. The van der Waals surface area contributed by atoms with Crippen LogP contribution in [0.5, 0.6) is 0 Å². The third-order valence-electron chi connectivity index (χ3n) is 7.43. The van der Waals surface area contributed by atoms with Crippen LogP contribution in [0.2, 0.25) is 5.02 Å². The van der Waals surface area contributed by atoms with Gasteiger partial charge in [0.25, 0.3) is 5.91 Å². The van der Waals surface area contributed by atoms with Gasteiger partial charge in [-0.1, -0.05) is 17.7 Å². The third kappa shape index (κ3) is 6.28. The first-order valence-electron chi connectivity index (χ1n) is 13.1. The Bertz CT molecular complexity index is 1360. The fourth-order valence-electron chi connectivity index (χ4n) is 5.36. The molecule has 1 aliphatic carbocycles. The van der Waals surface area contributed by atoms with Crippen molar-refractivity contribution in [2.24, 2.45) is 0 Å². The topological polar surface area (TPSA) is 82.2 Å². The van der Waals surface area contributed by atoms with E-state index in [9.17, 15) is 18.0 Å². The van der Waals surface area contributed by atoms with Gasteiger partial charge < -0.3 is 20.9 Å². The zero-order chi connectivity index (χ0) is 27.6. The van der Waals surface area contributed by atoms with E-state index in [0.717, 1.165) is 37.1 Å². The lowest BCUT2D eigenvalue weighted by molar-refractivity contribution is -0.137. The summed E-state index contributed by atoms with van der Waals surface area (Å²) in [6.45, 7) is 2.41. The van der Waals surface area contributed by atoms with Crippen LogP contribution in [0.4, 0.5) is 36.3 Å². The maximum Gasteiger partial charge on any atom is 0.416 e. The molecule has 0 radical (unpaired) electrons. The molecule has 1 amide bonds. The van der Waals surface area contributed by atoms with Crippen LogP contribution in [-0.4, -0.2) is 47.0 Å². The van der Waals surface area contributed by atoms with Gasteiger partial charge in [0.1, 0.15) is 5.02 Å². The summed E-state index contributed by atoms with van der Waals surface area (Å²) in [6.07, 6.45) is 3.78. The molecule has 3 aromatic rings. The number of nitrogens with one attached hydrogen (secondary N) is 3. The molecule has 1 aliphatic heterocycles. The zero-order valence-electron chi connectivity index (χ0n) is 21.5. The van der Waals surface area contributed by atoms with Gasteiger partial charge in [0.05, 0.1) is 23.0 Å². The van der Waals surface area contributed by atoms with Gasteiger partial charge in [-0.2, -0.15) is 18.2 Å². The largest absolute Gasteiger partial charge is 0.416 e. The third-order valence-corrected chi connectivity index (χ3v) is 7.71. The molecule has 11 heteroatoms. The van der Waals surface area contributed by atoms with E-state index in [-0.39, 0.29) is 28.0 Å². The Balaban J connectivity index is 1.34. The second-order valence-electron chi connectivity index (χ2n) is 9.94. The highest BCUT2D eigenvalue weighted by molar-refractivity contribution is 6.33. The minimum atomic E-state index is -4.59. The Morgan fingerprint density at radius 3 is 2.49 bits per heavy atom. The Labute approximate surface area is 230 Å². The molecule has 1 unspecified atom stereocenters. The molecule has 0 saturated carbocycles. The maximum absolute atomic E-state index is 13.2. The number of amides is 1. The fraction of sp³-hybridized carbons (Fsp3) is 0.393. The van der Waals surface area contributed by atoms with Gasteiger partial charge in [-0.15, -0.1) is 0 Å². The average molecular weight is 559 g/mol. The number of nitrogens with zero attached hydrogens (tertiary/aromatic N) is 3. The van der Waals surface area contributed by atoms with Crippen LogP contribution in [-0.2, 0) is 19.0 Å². The number of hydrogen-bond donors (Lipinski definition) is 3. The first-order chi connectivity index (χ1) is 18.7. The van der Waals surface area contributed by atoms with E-state index in [4.69, 9.17) is 11.6 Å². The van der Waals surface area contributed by atoms with Crippen LogP contribution in [0.15, 0.2) is 42.6 Å². The second-order valence-corrected chi connectivity index (χ2v) is 10.3. The number of carbonyl (C=O) groups excluding carboxylic acids is 1. The monoisotopic (exact) mass is 558 g/mol. The number of carbonyl (C=O) groups is 1. The van der Waals surface area contributed by atoms with Crippen LogP contribution >= 0.6 is 11.6 Å². The number of rotatable bonds is 6. The van der Waals surface area contributed by atoms with Crippen LogP contribution in [0.1, 0.15) is 52.7 Å². The fourth-order valence-corrected chi connectivity index (χ4v) is 5.50. The number of aromatic nitrogens is 2. The number of benzene rings is 2. The van der Waals surface area contributed by atoms with E-state index >= 15 is 0 Å². The first-order valence-corrected chi connectivity index (χ1v) is 13.4. The normalized spacial score (nSPS) is 17.8. The number of likely N-dealkylation sites (tertiary alicyclic amines) is 1. The molecule has 7 nitrogen and oxygen atoms in total. The minimum absolute atomic E-state index is 0.131. The Hall–Kier alpha value is -3.37. The van der Waals surface area contributed by atoms with Gasteiger partial charge in [-0.3, -0.25) is 4.79 Å². The number of anilines is 4. The van der Waals surface area contributed by atoms with Crippen molar-refractivity contribution in [3.63, 3.8) is 0 Å². The molecule has 0 bridgehead atoms. The zero-order valence-corrected chi connectivity index (χ0v) is 22.3. The van der Waals surface area contributed by atoms with Crippen molar-refractivity contribution in [1.82, 2.24) is 20.2 Å². The lowest BCUT2D eigenvalue weighted by Crippen LogP contribution is -2.32. The molecular weight excluding hydrogens is 529 g/mol. The predicted molar refractivity (Wildman–Crippen MR) is 146 cm³/mol. The maximum atomic E-state index is 13.2. The molecular formula is C28H30ClF3N6O. The smallest absolute Gasteiger partial charge is 0.355 e. The minimum Gasteiger partial charge on any atom is -0.355 e. The SMILES string of the molecule is CNC(=O)c1cc(C(F)(F)F)ccc1Nc1nc(Nc2ccc3c(c2)CCC(N2CCCC2)CC3)ncc1Cl. The van der Waals surface area contributed by atoms with Gasteiger partial charge in [-0.05, 0) is 93.1 Å². The number of halogens is 4. The predicted octanol–water partition coefficient (Wildman–Crippen LogP) is 6.34. The highest BCUT2D eigenvalue weighted by Crippen LogP contribution is 2.34. The Morgan fingerprint density at radius 1 is 1.03 bits per heavy atom. The Kier molecular flexibility index (Phi) is 7.95. The van der Waals surface area contributed by atoms with Crippen molar-refractivity contribution in [2.75, 3.05) is 30.8 Å². The van der Waals surface area contributed by atoms with E-state index < -0.39 is 17.6 Å². The van der Waals surface area contributed by atoms with Crippen LogP contribution in [0.25, 0.3) is 0 Å². The van der Waals surface area contributed by atoms with Gasteiger partial charge in [0.15, 0.2) is 5.82 Å². The second kappa shape index (κ2) is 11.4. The summed E-state index contributed by atoms with van der Waals surface area (Å²) < 4.78 is 39.7. The number of aryl methyl sites for hydroxylation is 2. The van der Waals surface area contributed by atoms with Crippen molar-refractivity contribution in [3.05, 3.63) is 69.9 Å². The van der Waals surface area contributed by atoms with Crippen molar-refractivity contribution in [3.8, 4) is 0 Å². The summed E-state index contributed by atoms with van der Waals surface area (Å²) in [4.78, 5) is 23.7. The molecule has 0 spiro atoms. The van der Waals surface area contributed by atoms with Crippen molar-refractivity contribution in [1.29, 1.82) is 0 Å². The summed E-state index contributed by atoms with van der Waals surface area (Å²) in [6, 6.07) is 9.78. The summed E-state index contributed by atoms with van der Waals surface area (Å²) >= 11 is 6.30. The van der Waals surface area contributed by atoms with Crippen molar-refractivity contribution in [2.45, 2.75) is 50.7 Å². The highest BCUT2D eigenvalue weighted by atomic mass is 35.5. The molecule has 206 valence electrons. The summed E-state index contributed by atoms with van der Waals surface area (Å²) in [7, 11) is 1.35.